The summed E-state index contributed by atoms with van der Waals surface area (Å²) in [6.07, 6.45) is 1.11. The molecular weight excluding hydrogens is 270 g/mol. The Labute approximate surface area is 126 Å². The lowest BCUT2D eigenvalue weighted by Crippen LogP contribution is -2.39. The molecule has 5 nitrogen and oxygen atoms in total. The van der Waals surface area contributed by atoms with E-state index in [1.165, 1.54) is 5.56 Å². The van der Waals surface area contributed by atoms with Crippen LogP contribution in [0.25, 0.3) is 0 Å². The van der Waals surface area contributed by atoms with E-state index in [4.69, 9.17) is 14.6 Å². The Kier molecular flexibility index (Phi) is 9.01. The average molecular weight is 297 g/mol. The van der Waals surface area contributed by atoms with Gasteiger partial charge >= 0.3 is 0 Å². The number of nitrogens with one attached hydrogen (secondary N) is 1. The Morgan fingerprint density at radius 3 is 2.52 bits per heavy atom. The van der Waals surface area contributed by atoms with Gasteiger partial charge in [-0.15, -0.1) is 0 Å². The van der Waals surface area contributed by atoms with Crippen LogP contribution in [0.2, 0.25) is 0 Å². The van der Waals surface area contributed by atoms with Crippen molar-refractivity contribution in [2.45, 2.75) is 31.9 Å². The van der Waals surface area contributed by atoms with E-state index in [9.17, 15) is 5.11 Å². The van der Waals surface area contributed by atoms with Crippen LogP contribution < -0.4 is 10.1 Å². The number of hydrogen-bond donors (Lipinski definition) is 3. The zero-order valence-electron chi connectivity index (χ0n) is 12.9. The molecule has 5 heteroatoms. The smallest absolute Gasteiger partial charge is 0.119 e. The summed E-state index contributed by atoms with van der Waals surface area (Å²) < 4.78 is 10.6. The average Bonchev–Trinajstić information content (AvgIpc) is 2.53. The lowest BCUT2D eigenvalue weighted by atomic mass is 10.1. The second-order valence-corrected chi connectivity index (χ2v) is 5.05. The minimum atomic E-state index is -0.598. The third kappa shape index (κ3) is 7.43. The van der Waals surface area contributed by atoms with Gasteiger partial charge in [-0.1, -0.05) is 19.1 Å². The molecule has 0 radical (unpaired) electrons. The summed E-state index contributed by atoms with van der Waals surface area (Å²) in [5, 5.41) is 22.0. The molecular formula is C16H27NO4. The van der Waals surface area contributed by atoms with Crippen LogP contribution in [0.1, 0.15) is 18.9 Å². The van der Waals surface area contributed by atoms with Crippen molar-refractivity contribution in [1.82, 2.24) is 5.32 Å². The fourth-order valence-corrected chi connectivity index (χ4v) is 1.86. The van der Waals surface area contributed by atoms with Gasteiger partial charge in [0.05, 0.1) is 13.2 Å². The Morgan fingerprint density at radius 2 is 1.95 bits per heavy atom. The lowest BCUT2D eigenvalue weighted by molar-refractivity contribution is 0.0995. The van der Waals surface area contributed by atoms with Crippen LogP contribution in [-0.4, -0.2) is 55.8 Å². The molecule has 0 spiro atoms. The first-order valence-corrected chi connectivity index (χ1v) is 7.42. The molecule has 1 rings (SSSR count). The molecule has 0 heterocycles. The third-order valence-corrected chi connectivity index (χ3v) is 3.32. The first kappa shape index (κ1) is 17.9. The first-order chi connectivity index (χ1) is 10.2. The summed E-state index contributed by atoms with van der Waals surface area (Å²) >= 11 is 0. The van der Waals surface area contributed by atoms with E-state index in [0.29, 0.717) is 13.2 Å². The van der Waals surface area contributed by atoms with Crippen molar-refractivity contribution in [1.29, 1.82) is 0 Å². The SMILES string of the molecule is CC[C@@H](CO)NC[C@@H](O)COc1ccc(CCOC)cc1. The molecule has 1 aromatic rings. The molecule has 2 atom stereocenters. The lowest BCUT2D eigenvalue weighted by Gasteiger charge is -2.18. The summed E-state index contributed by atoms with van der Waals surface area (Å²) in [5.74, 6) is 0.740. The predicted molar refractivity (Wildman–Crippen MR) is 82.7 cm³/mol. The topological polar surface area (TPSA) is 71.0 Å². The molecule has 0 aliphatic heterocycles. The van der Waals surface area contributed by atoms with Crippen molar-refractivity contribution in [3.8, 4) is 5.75 Å². The number of ether oxygens (including phenoxy) is 2. The highest BCUT2D eigenvalue weighted by Gasteiger charge is 2.09. The molecule has 0 amide bonds. The van der Waals surface area contributed by atoms with Crippen LogP contribution in [0.3, 0.4) is 0 Å². The van der Waals surface area contributed by atoms with Gasteiger partial charge in [0.2, 0.25) is 0 Å². The van der Waals surface area contributed by atoms with Gasteiger partial charge in [0.25, 0.3) is 0 Å². The van der Waals surface area contributed by atoms with Crippen LogP contribution in [0.4, 0.5) is 0 Å². The summed E-state index contributed by atoms with van der Waals surface area (Å²) in [6, 6.07) is 7.82. The number of aliphatic hydroxyl groups is 2. The summed E-state index contributed by atoms with van der Waals surface area (Å²) in [7, 11) is 1.69. The monoisotopic (exact) mass is 297 g/mol. The Morgan fingerprint density at radius 1 is 1.24 bits per heavy atom. The van der Waals surface area contributed by atoms with Gasteiger partial charge in [-0.3, -0.25) is 0 Å². The molecule has 3 N–H and O–H groups in total. The van der Waals surface area contributed by atoms with Crippen LogP contribution in [0, 0.1) is 0 Å². The highest BCUT2D eigenvalue weighted by Crippen LogP contribution is 2.13. The quantitative estimate of drug-likeness (QED) is 0.568. The van der Waals surface area contributed by atoms with Gasteiger partial charge < -0.3 is 25.0 Å². The fraction of sp³-hybridized carbons (Fsp3) is 0.625. The van der Waals surface area contributed by atoms with Crippen LogP contribution in [0.15, 0.2) is 24.3 Å². The first-order valence-electron chi connectivity index (χ1n) is 7.42. The maximum atomic E-state index is 9.84. The minimum absolute atomic E-state index is 0.0275. The predicted octanol–water partition coefficient (Wildman–Crippen LogP) is 0.976. The van der Waals surface area contributed by atoms with Crippen molar-refractivity contribution in [2.75, 3.05) is 33.5 Å². The minimum Gasteiger partial charge on any atom is -0.491 e. The number of benzene rings is 1. The van der Waals surface area contributed by atoms with E-state index >= 15 is 0 Å². The van der Waals surface area contributed by atoms with Gasteiger partial charge in [0.1, 0.15) is 18.5 Å². The largest absolute Gasteiger partial charge is 0.491 e. The molecule has 0 fully saturated rings. The summed E-state index contributed by atoms with van der Waals surface area (Å²) in [6.45, 7) is 3.40. The number of aliphatic hydroxyl groups excluding tert-OH is 2. The highest BCUT2D eigenvalue weighted by atomic mass is 16.5. The second-order valence-electron chi connectivity index (χ2n) is 5.05. The van der Waals surface area contributed by atoms with E-state index in [1.807, 2.05) is 31.2 Å². The van der Waals surface area contributed by atoms with Crippen LogP contribution in [0.5, 0.6) is 5.75 Å². The van der Waals surface area contributed by atoms with Crippen molar-refractivity contribution >= 4 is 0 Å². The molecule has 0 bridgehead atoms. The molecule has 0 aliphatic carbocycles. The molecule has 21 heavy (non-hydrogen) atoms. The molecule has 120 valence electrons. The Bertz CT molecular complexity index is 365. The maximum absolute atomic E-state index is 9.84. The zero-order valence-corrected chi connectivity index (χ0v) is 12.9. The van der Waals surface area contributed by atoms with Gasteiger partial charge in [0.15, 0.2) is 0 Å². The van der Waals surface area contributed by atoms with E-state index in [-0.39, 0.29) is 19.3 Å². The summed E-state index contributed by atoms with van der Waals surface area (Å²) in [5.41, 5.74) is 1.19. The molecule has 0 unspecified atom stereocenters. The van der Waals surface area contributed by atoms with E-state index in [0.717, 1.165) is 18.6 Å². The standard InChI is InChI=1S/C16H27NO4/c1-3-14(11-18)17-10-15(19)12-21-16-6-4-13(5-7-16)8-9-20-2/h4-7,14-15,17-19H,3,8-12H2,1-2H3/t14-,15+/m0/s1. The summed E-state index contributed by atoms with van der Waals surface area (Å²) in [4.78, 5) is 0. The molecule has 1 aromatic carbocycles. The van der Waals surface area contributed by atoms with Gasteiger partial charge in [0, 0.05) is 19.7 Å². The Balaban J connectivity index is 2.27. The normalized spacial score (nSPS) is 13.9. The Hall–Kier alpha value is -1.14. The molecule has 0 saturated carbocycles. The fourth-order valence-electron chi connectivity index (χ4n) is 1.86. The van der Waals surface area contributed by atoms with Crippen molar-refractivity contribution in [3.05, 3.63) is 29.8 Å². The van der Waals surface area contributed by atoms with Crippen molar-refractivity contribution < 1.29 is 19.7 Å². The van der Waals surface area contributed by atoms with Gasteiger partial charge in [-0.05, 0) is 30.5 Å². The van der Waals surface area contributed by atoms with Crippen molar-refractivity contribution in [2.24, 2.45) is 0 Å². The number of hydrogen-bond acceptors (Lipinski definition) is 5. The van der Waals surface area contributed by atoms with E-state index < -0.39 is 6.10 Å². The maximum Gasteiger partial charge on any atom is 0.119 e. The molecule has 0 saturated heterocycles. The van der Waals surface area contributed by atoms with E-state index in [2.05, 4.69) is 5.32 Å². The van der Waals surface area contributed by atoms with E-state index in [1.54, 1.807) is 7.11 Å². The number of methoxy groups -OCH3 is 1. The van der Waals surface area contributed by atoms with Crippen LogP contribution in [-0.2, 0) is 11.2 Å². The highest BCUT2D eigenvalue weighted by molar-refractivity contribution is 5.27. The third-order valence-electron chi connectivity index (χ3n) is 3.32. The molecule has 0 aromatic heterocycles. The number of rotatable bonds is 11. The second kappa shape index (κ2) is 10.6. The van der Waals surface area contributed by atoms with Crippen molar-refractivity contribution in [3.63, 3.8) is 0 Å². The molecule has 0 aliphatic rings. The van der Waals surface area contributed by atoms with Gasteiger partial charge in [-0.25, -0.2) is 0 Å². The zero-order chi connectivity index (χ0) is 15.5. The van der Waals surface area contributed by atoms with Gasteiger partial charge in [-0.2, -0.15) is 0 Å². The van der Waals surface area contributed by atoms with Crippen LogP contribution >= 0.6 is 0 Å².